The van der Waals surface area contributed by atoms with Crippen molar-refractivity contribution in [2.75, 3.05) is 13.6 Å². The summed E-state index contributed by atoms with van der Waals surface area (Å²) in [6.07, 6.45) is 1.65. The summed E-state index contributed by atoms with van der Waals surface area (Å²) in [6, 6.07) is 9.54. The minimum absolute atomic E-state index is 0. The zero-order chi connectivity index (χ0) is 13.2. The summed E-state index contributed by atoms with van der Waals surface area (Å²) in [5.74, 6) is 1.69. The van der Waals surface area contributed by atoms with Crippen molar-refractivity contribution in [3.63, 3.8) is 0 Å². The molecule has 1 N–H and O–H groups in total. The maximum Gasteiger partial charge on any atom is 0.140 e. The molecule has 1 aromatic carbocycles. The van der Waals surface area contributed by atoms with E-state index in [0.29, 0.717) is 0 Å². The lowest BCUT2D eigenvalue weighted by atomic mass is 10.1. The molecule has 1 aliphatic heterocycles. The van der Waals surface area contributed by atoms with Gasteiger partial charge in [-0.15, -0.1) is 12.4 Å². The van der Waals surface area contributed by atoms with Crippen molar-refractivity contribution in [2.24, 2.45) is 0 Å². The van der Waals surface area contributed by atoms with Crippen molar-refractivity contribution in [1.82, 2.24) is 4.90 Å². The first-order chi connectivity index (χ1) is 9.28. The van der Waals surface area contributed by atoms with Gasteiger partial charge in [0.2, 0.25) is 0 Å². The van der Waals surface area contributed by atoms with Crippen LogP contribution in [-0.4, -0.2) is 23.6 Å². The van der Waals surface area contributed by atoms with Gasteiger partial charge in [0.25, 0.3) is 0 Å². The number of halogens is 1. The Morgan fingerprint density at radius 1 is 1.35 bits per heavy atom. The van der Waals surface area contributed by atoms with Crippen LogP contribution in [0.1, 0.15) is 23.0 Å². The Morgan fingerprint density at radius 3 is 2.95 bits per heavy atom. The molecule has 1 aliphatic rings. The second-order valence-electron chi connectivity index (χ2n) is 4.87. The lowest BCUT2D eigenvalue weighted by Gasteiger charge is -2.29. The van der Waals surface area contributed by atoms with Crippen molar-refractivity contribution >= 4 is 12.4 Å². The number of hydrogen-bond acceptors (Lipinski definition) is 4. The molecule has 1 aromatic heterocycles. The van der Waals surface area contributed by atoms with Crippen molar-refractivity contribution in [3.05, 3.63) is 53.5 Å². The SMILES string of the molecule is CN1Cc2occc2C(Oc2ccccc2CO)C1.Cl. The molecule has 5 heteroatoms. The summed E-state index contributed by atoms with van der Waals surface area (Å²) < 4.78 is 11.6. The first-order valence-corrected chi connectivity index (χ1v) is 6.38. The number of aliphatic hydroxyl groups excluding tert-OH is 1. The maximum atomic E-state index is 9.35. The van der Waals surface area contributed by atoms with Gasteiger partial charge in [-0.25, -0.2) is 0 Å². The summed E-state index contributed by atoms with van der Waals surface area (Å²) in [5.41, 5.74) is 1.91. The van der Waals surface area contributed by atoms with Crippen molar-refractivity contribution < 1.29 is 14.3 Å². The molecule has 2 aromatic rings. The highest BCUT2D eigenvalue weighted by molar-refractivity contribution is 5.85. The van der Waals surface area contributed by atoms with E-state index in [1.165, 1.54) is 0 Å². The smallest absolute Gasteiger partial charge is 0.140 e. The molecule has 0 radical (unpaired) electrons. The Labute approximate surface area is 124 Å². The Balaban J connectivity index is 0.00000147. The molecule has 0 spiro atoms. The minimum Gasteiger partial charge on any atom is -0.484 e. The van der Waals surface area contributed by atoms with Gasteiger partial charge in [0.15, 0.2) is 0 Å². The molecule has 3 rings (SSSR count). The highest BCUT2D eigenvalue weighted by Crippen LogP contribution is 2.32. The van der Waals surface area contributed by atoms with E-state index >= 15 is 0 Å². The van der Waals surface area contributed by atoms with Crippen LogP contribution in [0.15, 0.2) is 41.0 Å². The van der Waals surface area contributed by atoms with Gasteiger partial charge in [-0.05, 0) is 19.2 Å². The highest BCUT2D eigenvalue weighted by Gasteiger charge is 2.27. The summed E-state index contributed by atoms with van der Waals surface area (Å²) in [4.78, 5) is 2.16. The minimum atomic E-state index is -0.0554. The topological polar surface area (TPSA) is 45.8 Å². The number of furan rings is 1. The Hall–Kier alpha value is -1.49. The molecule has 108 valence electrons. The van der Waals surface area contributed by atoms with Crippen LogP contribution in [-0.2, 0) is 13.2 Å². The average Bonchev–Trinajstić information content (AvgIpc) is 2.87. The van der Waals surface area contributed by atoms with Gasteiger partial charge in [-0.2, -0.15) is 0 Å². The molecule has 0 saturated heterocycles. The van der Waals surface area contributed by atoms with Crippen LogP contribution in [0.25, 0.3) is 0 Å². The summed E-state index contributed by atoms with van der Waals surface area (Å²) in [7, 11) is 2.04. The monoisotopic (exact) mass is 295 g/mol. The fourth-order valence-electron chi connectivity index (χ4n) is 2.46. The number of benzene rings is 1. The number of nitrogens with zero attached hydrogens (tertiary/aromatic N) is 1. The largest absolute Gasteiger partial charge is 0.484 e. The lowest BCUT2D eigenvalue weighted by molar-refractivity contribution is 0.117. The second-order valence-corrected chi connectivity index (χ2v) is 4.87. The number of para-hydroxylation sites is 1. The van der Waals surface area contributed by atoms with Crippen LogP contribution < -0.4 is 4.74 Å². The number of rotatable bonds is 3. The van der Waals surface area contributed by atoms with Crippen LogP contribution in [0.3, 0.4) is 0 Å². The molecule has 0 bridgehead atoms. The molecule has 0 fully saturated rings. The molecular formula is C15H18ClNO3. The van der Waals surface area contributed by atoms with Gasteiger partial charge in [-0.3, -0.25) is 4.90 Å². The van der Waals surface area contributed by atoms with Crippen LogP contribution in [0.2, 0.25) is 0 Å². The summed E-state index contributed by atoms with van der Waals surface area (Å²) >= 11 is 0. The third-order valence-corrected chi connectivity index (χ3v) is 3.43. The van der Waals surface area contributed by atoms with Gasteiger partial charge < -0.3 is 14.3 Å². The number of likely N-dealkylation sites (N-methyl/N-ethyl adjacent to an activating group) is 1. The molecule has 1 unspecified atom stereocenters. The third-order valence-electron chi connectivity index (χ3n) is 3.43. The standard InChI is InChI=1S/C15H17NO3.ClH/c1-16-8-14-12(6-7-18-14)15(9-16)19-13-5-3-2-4-11(13)10-17;/h2-7,15,17H,8-10H2,1H3;1H. The molecule has 20 heavy (non-hydrogen) atoms. The average molecular weight is 296 g/mol. The van der Waals surface area contributed by atoms with E-state index in [0.717, 1.165) is 35.7 Å². The van der Waals surface area contributed by atoms with Crippen LogP contribution >= 0.6 is 12.4 Å². The van der Waals surface area contributed by atoms with Crippen LogP contribution in [0.5, 0.6) is 5.75 Å². The number of ether oxygens (including phenoxy) is 1. The maximum absolute atomic E-state index is 9.35. The van der Waals surface area contributed by atoms with Crippen LogP contribution in [0, 0.1) is 0 Å². The Kier molecular flexibility index (Phi) is 4.70. The first kappa shape index (κ1) is 14.9. The Morgan fingerprint density at radius 2 is 2.15 bits per heavy atom. The Bertz CT molecular complexity index is 570. The van der Waals surface area contributed by atoms with E-state index in [-0.39, 0.29) is 25.1 Å². The molecule has 2 heterocycles. The fraction of sp³-hybridized carbons (Fsp3) is 0.333. The van der Waals surface area contributed by atoms with E-state index in [1.807, 2.05) is 37.4 Å². The number of fused-ring (bicyclic) bond motifs is 1. The summed E-state index contributed by atoms with van der Waals surface area (Å²) in [5, 5.41) is 9.35. The zero-order valence-electron chi connectivity index (χ0n) is 11.3. The highest BCUT2D eigenvalue weighted by atomic mass is 35.5. The van der Waals surface area contributed by atoms with Gasteiger partial charge >= 0.3 is 0 Å². The van der Waals surface area contributed by atoms with E-state index in [2.05, 4.69) is 4.90 Å². The number of hydrogen-bond donors (Lipinski definition) is 1. The fourth-order valence-corrected chi connectivity index (χ4v) is 2.46. The van der Waals surface area contributed by atoms with E-state index in [4.69, 9.17) is 9.15 Å². The summed E-state index contributed by atoms with van der Waals surface area (Å²) in [6.45, 7) is 1.60. The first-order valence-electron chi connectivity index (χ1n) is 6.38. The van der Waals surface area contributed by atoms with Gasteiger partial charge in [0.1, 0.15) is 17.6 Å². The van der Waals surface area contributed by atoms with Gasteiger partial charge in [0.05, 0.1) is 19.4 Å². The lowest BCUT2D eigenvalue weighted by Crippen LogP contribution is -2.32. The quantitative estimate of drug-likeness (QED) is 0.946. The zero-order valence-corrected chi connectivity index (χ0v) is 12.1. The second kappa shape index (κ2) is 6.31. The van der Waals surface area contributed by atoms with Crippen molar-refractivity contribution in [1.29, 1.82) is 0 Å². The van der Waals surface area contributed by atoms with Crippen molar-refractivity contribution in [2.45, 2.75) is 19.3 Å². The van der Waals surface area contributed by atoms with Crippen molar-refractivity contribution in [3.8, 4) is 5.75 Å². The molecule has 1 atom stereocenters. The molecule has 4 nitrogen and oxygen atoms in total. The molecule has 0 aliphatic carbocycles. The van der Waals surface area contributed by atoms with Gasteiger partial charge in [-0.1, -0.05) is 18.2 Å². The predicted molar refractivity (Wildman–Crippen MR) is 78.0 cm³/mol. The van der Waals surface area contributed by atoms with Gasteiger partial charge in [0, 0.05) is 17.7 Å². The normalized spacial score (nSPS) is 18.2. The van der Waals surface area contributed by atoms with E-state index < -0.39 is 0 Å². The van der Waals surface area contributed by atoms with Crippen LogP contribution in [0.4, 0.5) is 0 Å². The third kappa shape index (κ3) is 2.82. The molecule has 0 saturated carbocycles. The van der Waals surface area contributed by atoms with E-state index in [9.17, 15) is 5.11 Å². The predicted octanol–water partition coefficient (Wildman–Crippen LogP) is 2.76. The van der Waals surface area contributed by atoms with E-state index in [1.54, 1.807) is 6.26 Å². The molecular weight excluding hydrogens is 278 g/mol. The number of aliphatic hydroxyl groups is 1. The molecule has 0 amide bonds.